The van der Waals surface area contributed by atoms with E-state index < -0.39 is 0 Å². The van der Waals surface area contributed by atoms with Gasteiger partial charge in [0.05, 0.1) is 13.2 Å². The molecule has 3 heteroatoms. The van der Waals surface area contributed by atoms with Gasteiger partial charge in [-0.05, 0) is 13.0 Å². The highest BCUT2D eigenvalue weighted by molar-refractivity contribution is 4.77. The lowest BCUT2D eigenvalue weighted by Gasteiger charge is -2.31. The average molecular weight is 173 g/mol. The van der Waals surface area contributed by atoms with Crippen LogP contribution in [0.2, 0.25) is 0 Å². The van der Waals surface area contributed by atoms with Crippen LogP contribution in [-0.4, -0.2) is 25.5 Å². The van der Waals surface area contributed by atoms with Crippen molar-refractivity contribution in [3.05, 3.63) is 0 Å². The molecule has 0 aromatic carbocycles. The van der Waals surface area contributed by atoms with Crippen LogP contribution in [0.4, 0.5) is 0 Å². The molecule has 0 unspecified atom stereocenters. The van der Waals surface area contributed by atoms with E-state index >= 15 is 0 Å². The van der Waals surface area contributed by atoms with Gasteiger partial charge in [-0.15, -0.1) is 0 Å². The maximum atomic E-state index is 5.63. The van der Waals surface area contributed by atoms with Gasteiger partial charge in [-0.1, -0.05) is 13.8 Å². The molecule has 1 aliphatic heterocycles. The van der Waals surface area contributed by atoms with Crippen LogP contribution >= 0.6 is 0 Å². The Morgan fingerprint density at radius 2 is 1.92 bits per heavy atom. The first kappa shape index (κ1) is 9.96. The van der Waals surface area contributed by atoms with E-state index in [4.69, 9.17) is 15.2 Å². The maximum Gasteiger partial charge on any atom is 0.170 e. The monoisotopic (exact) mass is 173 g/mol. The van der Waals surface area contributed by atoms with Crippen molar-refractivity contribution >= 4 is 0 Å². The first-order chi connectivity index (χ1) is 5.71. The summed E-state index contributed by atoms with van der Waals surface area (Å²) in [4.78, 5) is 0. The second-order valence-electron chi connectivity index (χ2n) is 3.56. The van der Waals surface area contributed by atoms with E-state index in [2.05, 4.69) is 13.8 Å². The van der Waals surface area contributed by atoms with E-state index in [1.165, 1.54) is 0 Å². The summed E-state index contributed by atoms with van der Waals surface area (Å²) in [6.07, 6.45) is 1.89. The van der Waals surface area contributed by atoms with Crippen molar-refractivity contribution in [2.24, 2.45) is 11.7 Å². The summed E-state index contributed by atoms with van der Waals surface area (Å²) >= 11 is 0. The van der Waals surface area contributed by atoms with Gasteiger partial charge in [0.1, 0.15) is 0 Å². The molecule has 0 spiro atoms. The van der Waals surface area contributed by atoms with Crippen molar-refractivity contribution < 1.29 is 9.47 Å². The highest BCUT2D eigenvalue weighted by atomic mass is 16.7. The molecule has 72 valence electrons. The molecule has 0 bridgehead atoms. The van der Waals surface area contributed by atoms with E-state index in [9.17, 15) is 0 Å². The van der Waals surface area contributed by atoms with Crippen molar-refractivity contribution in [1.29, 1.82) is 0 Å². The zero-order valence-corrected chi connectivity index (χ0v) is 8.01. The summed E-state index contributed by atoms with van der Waals surface area (Å²) in [5, 5.41) is 0. The number of hydrogen-bond acceptors (Lipinski definition) is 3. The van der Waals surface area contributed by atoms with Crippen LogP contribution in [0.5, 0.6) is 0 Å². The Hall–Kier alpha value is -0.120. The molecule has 1 fully saturated rings. The van der Waals surface area contributed by atoms with Crippen LogP contribution in [0, 0.1) is 5.92 Å². The molecule has 0 aliphatic carbocycles. The summed E-state index contributed by atoms with van der Waals surface area (Å²) in [7, 11) is 0. The topological polar surface area (TPSA) is 44.5 Å². The zero-order valence-electron chi connectivity index (χ0n) is 8.01. The lowest BCUT2D eigenvalue weighted by molar-refractivity contribution is -0.192. The largest absolute Gasteiger partial charge is 0.347 e. The predicted molar refractivity (Wildman–Crippen MR) is 47.8 cm³/mol. The third-order valence-electron chi connectivity index (χ3n) is 2.39. The van der Waals surface area contributed by atoms with E-state index in [1.54, 1.807) is 0 Å². The van der Waals surface area contributed by atoms with Crippen molar-refractivity contribution in [1.82, 2.24) is 0 Å². The van der Waals surface area contributed by atoms with Gasteiger partial charge in [0.2, 0.25) is 0 Å². The van der Waals surface area contributed by atoms with Crippen LogP contribution in [0.15, 0.2) is 0 Å². The molecule has 1 rings (SSSR count). The smallest absolute Gasteiger partial charge is 0.170 e. The molecule has 0 amide bonds. The lowest BCUT2D eigenvalue weighted by Crippen LogP contribution is -2.36. The lowest BCUT2D eigenvalue weighted by atomic mass is 9.98. The van der Waals surface area contributed by atoms with E-state index in [0.717, 1.165) is 26.1 Å². The first-order valence-electron chi connectivity index (χ1n) is 4.69. The molecule has 0 radical (unpaired) electrons. The predicted octanol–water partition coefficient (Wildman–Crippen LogP) is 1.12. The molecule has 12 heavy (non-hydrogen) atoms. The van der Waals surface area contributed by atoms with Gasteiger partial charge < -0.3 is 15.2 Å². The molecule has 0 aromatic rings. The molecular formula is C9H19NO2. The van der Waals surface area contributed by atoms with Gasteiger partial charge in [0.15, 0.2) is 5.79 Å². The number of ether oxygens (including phenoxy) is 2. The SMILES string of the molecule is CC(C)C1(CCCN)OCCO1. The normalized spacial score (nSPS) is 22.0. The Morgan fingerprint density at radius 3 is 2.33 bits per heavy atom. The molecular weight excluding hydrogens is 154 g/mol. The molecule has 2 N–H and O–H groups in total. The molecule has 1 saturated heterocycles. The Kier molecular flexibility index (Phi) is 3.50. The van der Waals surface area contributed by atoms with Crippen molar-refractivity contribution in [2.45, 2.75) is 32.5 Å². The minimum atomic E-state index is -0.334. The molecule has 0 atom stereocenters. The standard InChI is InChI=1S/C9H19NO2/c1-8(2)9(4-3-5-10)11-6-7-12-9/h8H,3-7,10H2,1-2H3. The van der Waals surface area contributed by atoms with E-state index in [1.807, 2.05) is 0 Å². The zero-order chi connectivity index (χ0) is 9.03. The number of rotatable bonds is 4. The second kappa shape index (κ2) is 4.21. The Balaban J connectivity index is 2.47. The minimum Gasteiger partial charge on any atom is -0.347 e. The second-order valence-corrected chi connectivity index (χ2v) is 3.56. The van der Waals surface area contributed by atoms with Gasteiger partial charge in [0.25, 0.3) is 0 Å². The number of hydrogen-bond donors (Lipinski definition) is 1. The Labute approximate surface area is 74.2 Å². The highest BCUT2D eigenvalue weighted by Gasteiger charge is 2.38. The summed E-state index contributed by atoms with van der Waals surface area (Å²) in [6.45, 7) is 6.41. The van der Waals surface area contributed by atoms with Gasteiger partial charge in [-0.3, -0.25) is 0 Å². The van der Waals surface area contributed by atoms with Crippen molar-refractivity contribution in [3.63, 3.8) is 0 Å². The van der Waals surface area contributed by atoms with Gasteiger partial charge in [-0.2, -0.15) is 0 Å². The molecule has 1 heterocycles. The van der Waals surface area contributed by atoms with Crippen LogP contribution in [0.25, 0.3) is 0 Å². The molecule has 0 aromatic heterocycles. The first-order valence-corrected chi connectivity index (χ1v) is 4.69. The van der Waals surface area contributed by atoms with E-state index in [-0.39, 0.29) is 5.79 Å². The summed E-state index contributed by atoms with van der Waals surface area (Å²) in [6, 6.07) is 0. The van der Waals surface area contributed by atoms with Gasteiger partial charge in [0, 0.05) is 12.3 Å². The van der Waals surface area contributed by atoms with Crippen LogP contribution < -0.4 is 5.73 Å². The average Bonchev–Trinajstić information content (AvgIpc) is 2.50. The minimum absolute atomic E-state index is 0.334. The fourth-order valence-electron chi connectivity index (χ4n) is 1.59. The van der Waals surface area contributed by atoms with Crippen molar-refractivity contribution in [2.75, 3.05) is 19.8 Å². The number of nitrogens with two attached hydrogens (primary N) is 1. The summed E-state index contributed by atoms with van der Waals surface area (Å²) in [5.41, 5.74) is 5.45. The maximum absolute atomic E-state index is 5.63. The Morgan fingerprint density at radius 1 is 1.33 bits per heavy atom. The molecule has 1 aliphatic rings. The van der Waals surface area contributed by atoms with Crippen molar-refractivity contribution in [3.8, 4) is 0 Å². The summed E-state index contributed by atoms with van der Waals surface area (Å²) in [5.74, 6) is 0.0749. The van der Waals surface area contributed by atoms with Crippen LogP contribution in [0.3, 0.4) is 0 Å². The molecule has 3 nitrogen and oxygen atoms in total. The van der Waals surface area contributed by atoms with Gasteiger partial charge >= 0.3 is 0 Å². The van der Waals surface area contributed by atoms with Crippen LogP contribution in [-0.2, 0) is 9.47 Å². The third-order valence-corrected chi connectivity index (χ3v) is 2.39. The van der Waals surface area contributed by atoms with E-state index in [0.29, 0.717) is 12.5 Å². The van der Waals surface area contributed by atoms with Gasteiger partial charge in [-0.25, -0.2) is 0 Å². The quantitative estimate of drug-likeness (QED) is 0.693. The highest BCUT2D eigenvalue weighted by Crippen LogP contribution is 2.32. The fourth-order valence-corrected chi connectivity index (χ4v) is 1.59. The Bertz CT molecular complexity index is 130. The summed E-state index contributed by atoms with van der Waals surface area (Å²) < 4.78 is 11.3. The van der Waals surface area contributed by atoms with Crippen LogP contribution in [0.1, 0.15) is 26.7 Å². The molecule has 0 saturated carbocycles. The fraction of sp³-hybridized carbons (Fsp3) is 1.00. The third kappa shape index (κ3) is 1.97.